The van der Waals surface area contributed by atoms with Crippen LogP contribution in [0.1, 0.15) is 37.3 Å². The van der Waals surface area contributed by atoms with Crippen LogP contribution in [-0.2, 0) is 6.54 Å². The van der Waals surface area contributed by atoms with Crippen molar-refractivity contribution in [1.82, 2.24) is 10.3 Å². The van der Waals surface area contributed by atoms with Gasteiger partial charge in [0.2, 0.25) is 0 Å². The van der Waals surface area contributed by atoms with E-state index < -0.39 is 0 Å². The molecule has 0 bridgehead atoms. The Kier molecular flexibility index (Phi) is 6.03. The molecule has 21 heavy (non-hydrogen) atoms. The minimum absolute atomic E-state index is 0.220. The van der Waals surface area contributed by atoms with Crippen molar-refractivity contribution in [3.8, 4) is 0 Å². The summed E-state index contributed by atoms with van der Waals surface area (Å²) in [5.41, 5.74) is 1.13. The molecule has 2 rings (SSSR count). The van der Waals surface area contributed by atoms with E-state index in [9.17, 15) is 0 Å². The van der Waals surface area contributed by atoms with Crippen molar-refractivity contribution in [3.05, 3.63) is 45.9 Å². The minimum atomic E-state index is 0.220. The first kappa shape index (κ1) is 16.3. The molecule has 1 heterocycles. The Labute approximate surface area is 136 Å². The molecule has 1 atom stereocenters. The monoisotopic (exact) mass is 323 g/mol. The van der Waals surface area contributed by atoms with Crippen LogP contribution in [0.15, 0.2) is 30.5 Å². The number of halogens is 1. The number of hydrogen-bond donors (Lipinski definition) is 1. The Morgan fingerprint density at radius 1 is 1.29 bits per heavy atom. The first-order valence-corrected chi connectivity index (χ1v) is 8.52. The highest BCUT2D eigenvalue weighted by Crippen LogP contribution is 2.25. The number of anilines is 1. The number of nitrogens with one attached hydrogen (secondary N) is 1. The molecule has 1 N–H and O–H groups in total. The second-order valence-corrected chi connectivity index (χ2v) is 6.41. The molecule has 0 fully saturated rings. The van der Waals surface area contributed by atoms with Gasteiger partial charge in [0.25, 0.3) is 0 Å². The molecule has 0 aliphatic heterocycles. The van der Waals surface area contributed by atoms with Crippen LogP contribution < -0.4 is 10.2 Å². The summed E-state index contributed by atoms with van der Waals surface area (Å²) in [7, 11) is 0. The Hall–Kier alpha value is -1.10. The van der Waals surface area contributed by atoms with E-state index in [1.165, 1.54) is 4.88 Å². The predicted molar refractivity (Wildman–Crippen MR) is 92.4 cm³/mol. The number of hydrogen-bond acceptors (Lipinski definition) is 4. The topological polar surface area (TPSA) is 28.2 Å². The Morgan fingerprint density at radius 3 is 2.67 bits per heavy atom. The number of rotatable bonds is 7. The van der Waals surface area contributed by atoms with Crippen LogP contribution in [-0.4, -0.2) is 18.1 Å². The summed E-state index contributed by atoms with van der Waals surface area (Å²) in [6, 6.07) is 8.19. The third-order valence-electron chi connectivity index (χ3n) is 3.53. The highest BCUT2D eigenvalue weighted by atomic mass is 35.5. The zero-order chi connectivity index (χ0) is 15.2. The van der Waals surface area contributed by atoms with E-state index in [0.717, 1.165) is 35.4 Å². The summed E-state index contributed by atoms with van der Waals surface area (Å²) in [5, 5.41) is 5.42. The summed E-state index contributed by atoms with van der Waals surface area (Å²) < 4.78 is 0. The van der Waals surface area contributed by atoms with Crippen molar-refractivity contribution in [2.24, 2.45) is 0 Å². The van der Waals surface area contributed by atoms with Crippen LogP contribution >= 0.6 is 22.9 Å². The first-order valence-electron chi connectivity index (χ1n) is 7.33. The van der Waals surface area contributed by atoms with Gasteiger partial charge in [-0.2, -0.15) is 0 Å². The van der Waals surface area contributed by atoms with Crippen molar-refractivity contribution in [1.29, 1.82) is 0 Å². The molecule has 2 aromatic rings. The Bertz CT molecular complexity index is 566. The normalized spacial score (nSPS) is 12.4. The molecule has 0 unspecified atom stereocenters. The van der Waals surface area contributed by atoms with E-state index in [-0.39, 0.29) is 6.04 Å². The molecule has 1 aromatic carbocycles. The van der Waals surface area contributed by atoms with E-state index >= 15 is 0 Å². The van der Waals surface area contributed by atoms with Gasteiger partial charge in [-0.05, 0) is 32.4 Å². The van der Waals surface area contributed by atoms with Gasteiger partial charge in [0.15, 0.2) is 5.13 Å². The molecule has 0 radical (unpaired) electrons. The van der Waals surface area contributed by atoms with Crippen molar-refractivity contribution in [2.45, 2.75) is 33.4 Å². The molecule has 0 saturated heterocycles. The van der Waals surface area contributed by atoms with Crippen LogP contribution in [0.5, 0.6) is 0 Å². The van der Waals surface area contributed by atoms with Crippen molar-refractivity contribution in [3.63, 3.8) is 0 Å². The average molecular weight is 324 g/mol. The van der Waals surface area contributed by atoms with Crippen LogP contribution in [0.25, 0.3) is 0 Å². The van der Waals surface area contributed by atoms with Gasteiger partial charge in [0.05, 0.1) is 0 Å². The summed E-state index contributed by atoms with van der Waals surface area (Å²) in [6.45, 7) is 9.24. The summed E-state index contributed by atoms with van der Waals surface area (Å²) in [5.74, 6) is 0. The maximum absolute atomic E-state index is 6.23. The zero-order valence-corrected chi connectivity index (χ0v) is 14.3. The summed E-state index contributed by atoms with van der Waals surface area (Å²) >= 11 is 7.98. The van der Waals surface area contributed by atoms with Crippen LogP contribution in [0.3, 0.4) is 0 Å². The van der Waals surface area contributed by atoms with E-state index in [0.29, 0.717) is 0 Å². The van der Waals surface area contributed by atoms with Gasteiger partial charge < -0.3 is 10.2 Å². The maximum atomic E-state index is 6.23. The van der Waals surface area contributed by atoms with E-state index in [4.69, 9.17) is 11.6 Å². The second-order valence-electron chi connectivity index (χ2n) is 4.91. The molecular formula is C16H22ClN3S. The van der Waals surface area contributed by atoms with Crippen molar-refractivity contribution in [2.75, 3.05) is 18.0 Å². The largest absolute Gasteiger partial charge is 0.349 e. The number of aromatic nitrogens is 1. The van der Waals surface area contributed by atoms with Crippen LogP contribution in [0.2, 0.25) is 5.02 Å². The Morgan fingerprint density at radius 2 is 2.00 bits per heavy atom. The lowest BCUT2D eigenvalue weighted by molar-refractivity contribution is 0.578. The van der Waals surface area contributed by atoms with Crippen LogP contribution in [0.4, 0.5) is 5.13 Å². The molecule has 114 valence electrons. The zero-order valence-electron chi connectivity index (χ0n) is 12.8. The lowest BCUT2D eigenvalue weighted by Crippen LogP contribution is -2.21. The van der Waals surface area contributed by atoms with E-state index in [1.807, 2.05) is 24.4 Å². The fraction of sp³-hybridized carbons (Fsp3) is 0.438. The molecule has 5 heteroatoms. The molecule has 0 saturated carbocycles. The standard InChI is InChI=1S/C16H22ClN3S/c1-4-20(5-2)16-19-11-13(21-16)10-18-12(3)14-8-6-7-9-15(14)17/h6-9,11-12,18H,4-5,10H2,1-3H3/t12-/m0/s1. The molecule has 0 amide bonds. The van der Waals surface area contributed by atoms with Crippen molar-refractivity contribution < 1.29 is 0 Å². The predicted octanol–water partition coefficient (Wildman–Crippen LogP) is 4.49. The second kappa shape index (κ2) is 7.78. The maximum Gasteiger partial charge on any atom is 0.185 e. The minimum Gasteiger partial charge on any atom is -0.349 e. The third kappa shape index (κ3) is 4.19. The highest BCUT2D eigenvalue weighted by molar-refractivity contribution is 7.15. The van der Waals surface area contributed by atoms with E-state index in [2.05, 4.69) is 42.0 Å². The van der Waals surface area contributed by atoms with Gasteiger partial charge in [-0.1, -0.05) is 29.8 Å². The third-order valence-corrected chi connectivity index (χ3v) is 4.93. The molecule has 3 nitrogen and oxygen atoms in total. The first-order chi connectivity index (χ1) is 10.2. The van der Waals surface area contributed by atoms with Gasteiger partial charge in [-0.25, -0.2) is 4.98 Å². The van der Waals surface area contributed by atoms with Gasteiger partial charge in [-0.15, -0.1) is 11.3 Å². The molecule has 1 aromatic heterocycles. The Balaban J connectivity index is 1.96. The van der Waals surface area contributed by atoms with Crippen molar-refractivity contribution >= 4 is 28.1 Å². The summed E-state index contributed by atoms with van der Waals surface area (Å²) in [6.07, 6.45) is 1.96. The fourth-order valence-corrected chi connectivity index (χ4v) is 3.50. The molecule has 0 aliphatic rings. The highest BCUT2D eigenvalue weighted by Gasteiger charge is 2.11. The SMILES string of the molecule is CCN(CC)c1ncc(CN[C@@H](C)c2ccccc2Cl)s1. The summed E-state index contributed by atoms with van der Waals surface area (Å²) in [4.78, 5) is 8.02. The van der Waals surface area contributed by atoms with E-state index in [1.54, 1.807) is 11.3 Å². The quantitative estimate of drug-likeness (QED) is 0.813. The number of nitrogens with zero attached hydrogens (tertiary/aromatic N) is 2. The number of benzene rings is 1. The lowest BCUT2D eigenvalue weighted by Gasteiger charge is -2.16. The molecule has 0 aliphatic carbocycles. The lowest BCUT2D eigenvalue weighted by atomic mass is 10.1. The number of thiazole rings is 1. The van der Waals surface area contributed by atoms with Crippen LogP contribution in [0, 0.1) is 0 Å². The van der Waals surface area contributed by atoms with Gasteiger partial charge in [-0.3, -0.25) is 0 Å². The van der Waals surface area contributed by atoms with Gasteiger partial charge >= 0.3 is 0 Å². The van der Waals surface area contributed by atoms with Gasteiger partial charge in [0, 0.05) is 41.8 Å². The molecule has 0 spiro atoms. The van der Waals surface area contributed by atoms with Gasteiger partial charge in [0.1, 0.15) is 0 Å². The molecular weight excluding hydrogens is 302 g/mol. The fourth-order valence-electron chi connectivity index (χ4n) is 2.21. The average Bonchev–Trinajstić information content (AvgIpc) is 2.95. The smallest absolute Gasteiger partial charge is 0.185 e.